The lowest BCUT2D eigenvalue weighted by atomic mass is 10.1. The molecular formula is C16H18FNO. The van der Waals surface area contributed by atoms with Crippen LogP contribution >= 0.6 is 0 Å². The van der Waals surface area contributed by atoms with E-state index in [-0.39, 0.29) is 11.8 Å². The van der Waals surface area contributed by atoms with Gasteiger partial charge in [-0.2, -0.15) is 0 Å². The average Bonchev–Trinajstić information content (AvgIpc) is 2.36. The topological polar surface area (TPSA) is 35.2 Å². The van der Waals surface area contributed by atoms with Gasteiger partial charge in [-0.1, -0.05) is 12.1 Å². The molecule has 0 saturated carbocycles. The molecule has 0 aliphatic carbocycles. The summed E-state index contributed by atoms with van der Waals surface area (Å²) >= 11 is 0. The molecule has 2 rings (SSSR count). The van der Waals surface area contributed by atoms with E-state index in [2.05, 4.69) is 0 Å². The molecule has 100 valence electrons. The van der Waals surface area contributed by atoms with Crippen LogP contribution in [0, 0.1) is 19.7 Å². The Bertz CT molecular complexity index is 593. The Kier molecular flexibility index (Phi) is 3.86. The molecule has 0 aliphatic heterocycles. The lowest BCUT2D eigenvalue weighted by Gasteiger charge is -2.11. The molecule has 0 spiro atoms. The van der Waals surface area contributed by atoms with Gasteiger partial charge >= 0.3 is 0 Å². The maximum atomic E-state index is 13.9. The molecule has 2 nitrogen and oxygen atoms in total. The van der Waals surface area contributed by atoms with Crippen molar-refractivity contribution in [2.24, 2.45) is 5.73 Å². The Labute approximate surface area is 113 Å². The van der Waals surface area contributed by atoms with E-state index in [0.29, 0.717) is 5.75 Å². The van der Waals surface area contributed by atoms with Crippen molar-refractivity contribution in [1.82, 2.24) is 0 Å². The fraction of sp³-hybridized carbons (Fsp3) is 0.250. The lowest BCUT2D eigenvalue weighted by molar-refractivity contribution is 0.441. The minimum atomic E-state index is -0.395. The number of hydrogen-bond donors (Lipinski definition) is 1. The summed E-state index contributed by atoms with van der Waals surface area (Å²) < 4.78 is 19.5. The minimum absolute atomic E-state index is 0.190. The van der Waals surface area contributed by atoms with Gasteiger partial charge in [0.05, 0.1) is 0 Å². The largest absolute Gasteiger partial charge is 0.454 e. The Morgan fingerprint density at radius 2 is 1.79 bits per heavy atom. The maximum absolute atomic E-state index is 13.9. The highest BCUT2D eigenvalue weighted by Gasteiger charge is 2.08. The van der Waals surface area contributed by atoms with E-state index < -0.39 is 5.82 Å². The zero-order chi connectivity index (χ0) is 14.0. The van der Waals surface area contributed by atoms with Crippen molar-refractivity contribution in [3.8, 4) is 11.5 Å². The quantitative estimate of drug-likeness (QED) is 0.894. The second-order valence-electron chi connectivity index (χ2n) is 4.83. The van der Waals surface area contributed by atoms with Crippen LogP contribution < -0.4 is 10.5 Å². The molecule has 0 saturated heterocycles. The van der Waals surface area contributed by atoms with Crippen LogP contribution in [0.25, 0.3) is 0 Å². The van der Waals surface area contributed by atoms with Gasteiger partial charge < -0.3 is 10.5 Å². The molecule has 3 heteroatoms. The number of ether oxygens (including phenoxy) is 1. The van der Waals surface area contributed by atoms with E-state index >= 15 is 0 Å². The van der Waals surface area contributed by atoms with E-state index in [1.54, 1.807) is 12.1 Å². The fourth-order valence-corrected chi connectivity index (χ4v) is 1.79. The molecule has 0 radical (unpaired) electrons. The van der Waals surface area contributed by atoms with Crippen LogP contribution in [-0.2, 0) is 0 Å². The molecule has 2 aromatic carbocycles. The van der Waals surface area contributed by atoms with Crippen molar-refractivity contribution in [1.29, 1.82) is 0 Å². The van der Waals surface area contributed by atoms with E-state index in [0.717, 1.165) is 11.1 Å². The van der Waals surface area contributed by atoms with Crippen LogP contribution in [0.1, 0.15) is 29.7 Å². The van der Waals surface area contributed by atoms with Gasteiger partial charge in [0.25, 0.3) is 0 Å². The van der Waals surface area contributed by atoms with Gasteiger partial charge in [0.1, 0.15) is 5.75 Å². The van der Waals surface area contributed by atoms with E-state index in [4.69, 9.17) is 10.5 Å². The van der Waals surface area contributed by atoms with Gasteiger partial charge in [0.2, 0.25) is 0 Å². The summed E-state index contributed by atoms with van der Waals surface area (Å²) in [5, 5.41) is 0. The van der Waals surface area contributed by atoms with Crippen molar-refractivity contribution in [2.75, 3.05) is 0 Å². The second kappa shape index (κ2) is 5.41. The summed E-state index contributed by atoms with van der Waals surface area (Å²) in [6.07, 6.45) is 0. The zero-order valence-corrected chi connectivity index (χ0v) is 11.4. The Morgan fingerprint density at radius 1 is 1.05 bits per heavy atom. The molecule has 1 atom stereocenters. The first-order valence-electron chi connectivity index (χ1n) is 6.27. The molecule has 0 fully saturated rings. The highest BCUT2D eigenvalue weighted by molar-refractivity contribution is 5.38. The van der Waals surface area contributed by atoms with Crippen molar-refractivity contribution in [3.05, 3.63) is 58.9 Å². The number of halogens is 1. The SMILES string of the molecule is Cc1ccc(Oc2ccc([C@@H](C)N)cc2F)cc1C. The van der Waals surface area contributed by atoms with Gasteiger partial charge in [-0.05, 0) is 61.7 Å². The van der Waals surface area contributed by atoms with Gasteiger partial charge in [0, 0.05) is 6.04 Å². The molecule has 2 N–H and O–H groups in total. The molecule has 0 unspecified atom stereocenters. The number of nitrogens with two attached hydrogens (primary N) is 1. The normalized spacial score (nSPS) is 12.3. The maximum Gasteiger partial charge on any atom is 0.166 e. The molecule has 0 aliphatic rings. The molecule has 0 bridgehead atoms. The first kappa shape index (κ1) is 13.6. The van der Waals surface area contributed by atoms with Crippen LogP contribution in [-0.4, -0.2) is 0 Å². The van der Waals surface area contributed by atoms with Crippen LogP contribution in [0.5, 0.6) is 11.5 Å². The predicted molar refractivity (Wildman–Crippen MR) is 75.0 cm³/mol. The fourth-order valence-electron chi connectivity index (χ4n) is 1.79. The Balaban J connectivity index is 2.25. The number of rotatable bonds is 3. The highest BCUT2D eigenvalue weighted by Crippen LogP contribution is 2.27. The second-order valence-corrected chi connectivity index (χ2v) is 4.83. The van der Waals surface area contributed by atoms with Crippen molar-refractivity contribution >= 4 is 0 Å². The van der Waals surface area contributed by atoms with Crippen LogP contribution in [0.2, 0.25) is 0 Å². The van der Waals surface area contributed by atoms with Gasteiger partial charge in [0.15, 0.2) is 11.6 Å². The number of hydrogen-bond acceptors (Lipinski definition) is 2. The third-order valence-corrected chi connectivity index (χ3v) is 3.19. The summed E-state index contributed by atoms with van der Waals surface area (Å²) in [4.78, 5) is 0. The molecule has 0 aromatic heterocycles. The first-order valence-corrected chi connectivity index (χ1v) is 6.27. The predicted octanol–water partition coefficient (Wildman–Crippen LogP) is 4.25. The van der Waals surface area contributed by atoms with Gasteiger partial charge in [-0.3, -0.25) is 0 Å². The summed E-state index contributed by atoms with van der Waals surface area (Å²) in [7, 11) is 0. The van der Waals surface area contributed by atoms with E-state index in [9.17, 15) is 4.39 Å². The first-order chi connectivity index (χ1) is 8.97. The van der Waals surface area contributed by atoms with Gasteiger partial charge in [-0.15, -0.1) is 0 Å². The van der Waals surface area contributed by atoms with Crippen molar-refractivity contribution in [2.45, 2.75) is 26.8 Å². The average molecular weight is 259 g/mol. The molecule has 2 aromatic rings. The summed E-state index contributed by atoms with van der Waals surface area (Å²) in [5.41, 5.74) is 8.77. The third kappa shape index (κ3) is 3.12. The van der Waals surface area contributed by atoms with Gasteiger partial charge in [-0.25, -0.2) is 4.39 Å². The zero-order valence-electron chi connectivity index (χ0n) is 11.4. The summed E-state index contributed by atoms with van der Waals surface area (Å²) in [6.45, 7) is 5.84. The van der Waals surface area contributed by atoms with Crippen LogP contribution in [0.15, 0.2) is 36.4 Å². The monoisotopic (exact) mass is 259 g/mol. The summed E-state index contributed by atoms with van der Waals surface area (Å²) in [6, 6.07) is 10.3. The minimum Gasteiger partial charge on any atom is -0.454 e. The van der Waals surface area contributed by atoms with E-state index in [1.807, 2.05) is 39.0 Å². The Morgan fingerprint density at radius 3 is 2.37 bits per heavy atom. The lowest BCUT2D eigenvalue weighted by Crippen LogP contribution is -2.05. The van der Waals surface area contributed by atoms with Crippen LogP contribution in [0.3, 0.4) is 0 Å². The van der Waals surface area contributed by atoms with Crippen molar-refractivity contribution < 1.29 is 9.13 Å². The highest BCUT2D eigenvalue weighted by atomic mass is 19.1. The molecule has 19 heavy (non-hydrogen) atoms. The van der Waals surface area contributed by atoms with Crippen molar-refractivity contribution in [3.63, 3.8) is 0 Å². The molecule has 0 heterocycles. The third-order valence-electron chi connectivity index (χ3n) is 3.19. The number of aryl methyl sites for hydroxylation is 2. The number of benzene rings is 2. The summed E-state index contributed by atoms with van der Waals surface area (Å²) in [5.74, 6) is 0.455. The molecular weight excluding hydrogens is 241 g/mol. The van der Waals surface area contributed by atoms with Crippen LogP contribution in [0.4, 0.5) is 4.39 Å². The standard InChI is InChI=1S/C16H18FNO/c1-10-4-6-14(8-11(10)2)19-16-7-5-13(12(3)18)9-15(16)17/h4-9,12H,18H2,1-3H3/t12-/m1/s1. The smallest absolute Gasteiger partial charge is 0.166 e. The molecule has 0 amide bonds. The van der Waals surface area contributed by atoms with E-state index in [1.165, 1.54) is 11.6 Å². The Hall–Kier alpha value is -1.87.